The van der Waals surface area contributed by atoms with Gasteiger partial charge >= 0.3 is 0 Å². The number of benzene rings is 3. The third kappa shape index (κ3) is 4.65. The van der Waals surface area contributed by atoms with E-state index in [0.29, 0.717) is 34.7 Å². The number of hydrogen-bond acceptors (Lipinski definition) is 4. The van der Waals surface area contributed by atoms with E-state index in [1.165, 1.54) is 6.07 Å². The summed E-state index contributed by atoms with van der Waals surface area (Å²) in [5.41, 5.74) is 5.77. The maximum atomic E-state index is 13.5. The summed E-state index contributed by atoms with van der Waals surface area (Å²) in [6.07, 6.45) is 1.65. The number of hydrogen-bond donors (Lipinski definition) is 3. The molecule has 8 heteroatoms. The van der Waals surface area contributed by atoms with Gasteiger partial charge in [-0.05, 0) is 71.1 Å². The Labute approximate surface area is 206 Å². The molecule has 0 spiro atoms. The predicted molar refractivity (Wildman–Crippen MR) is 133 cm³/mol. The van der Waals surface area contributed by atoms with Gasteiger partial charge in [0.25, 0.3) is 11.8 Å². The number of halogens is 2. The normalized spacial score (nSPS) is 12.1. The van der Waals surface area contributed by atoms with Gasteiger partial charge in [-0.3, -0.25) is 9.59 Å². The van der Waals surface area contributed by atoms with Crippen molar-refractivity contribution in [3.05, 3.63) is 112 Å². The van der Waals surface area contributed by atoms with Crippen LogP contribution in [0.25, 0.3) is 11.1 Å². The highest BCUT2D eigenvalue weighted by Crippen LogP contribution is 2.31. The zero-order chi connectivity index (χ0) is 25.2. The van der Waals surface area contributed by atoms with Crippen LogP contribution in [-0.4, -0.2) is 16.8 Å². The SMILES string of the molecule is Cc1cnc(Nc2cccc(-c3cccc4c3CNC4=O)c2)c(C(=O)NCc2ccc(F)c(F)c2)c1. The summed E-state index contributed by atoms with van der Waals surface area (Å²) in [4.78, 5) is 29.4. The molecule has 3 N–H and O–H groups in total. The van der Waals surface area contributed by atoms with Gasteiger partial charge in [0.1, 0.15) is 5.82 Å². The molecule has 0 fully saturated rings. The molecule has 5 rings (SSSR count). The average molecular weight is 485 g/mol. The van der Waals surface area contributed by atoms with Crippen LogP contribution < -0.4 is 16.0 Å². The molecular formula is C28H22F2N4O2. The Morgan fingerprint density at radius 2 is 1.81 bits per heavy atom. The minimum atomic E-state index is -0.967. The Balaban J connectivity index is 1.39. The number of rotatable bonds is 6. The summed E-state index contributed by atoms with van der Waals surface area (Å²) in [6.45, 7) is 2.34. The van der Waals surface area contributed by atoms with Gasteiger partial charge in [0.05, 0.1) is 5.56 Å². The molecule has 1 aliphatic heterocycles. The fourth-order valence-corrected chi connectivity index (χ4v) is 4.19. The van der Waals surface area contributed by atoms with E-state index in [4.69, 9.17) is 0 Å². The van der Waals surface area contributed by atoms with Crippen molar-refractivity contribution in [2.24, 2.45) is 0 Å². The largest absolute Gasteiger partial charge is 0.348 e. The second-order valence-corrected chi connectivity index (χ2v) is 8.56. The molecule has 4 aromatic rings. The summed E-state index contributed by atoms with van der Waals surface area (Å²) < 4.78 is 26.7. The molecule has 1 aromatic heterocycles. The lowest BCUT2D eigenvalue weighted by Gasteiger charge is -2.14. The molecule has 0 atom stereocenters. The van der Waals surface area contributed by atoms with E-state index in [1.807, 2.05) is 49.4 Å². The third-order valence-electron chi connectivity index (χ3n) is 5.99. The highest BCUT2D eigenvalue weighted by molar-refractivity contribution is 6.01. The molecule has 0 radical (unpaired) electrons. The Bertz CT molecular complexity index is 1500. The monoisotopic (exact) mass is 484 g/mol. The maximum Gasteiger partial charge on any atom is 0.255 e. The summed E-state index contributed by atoms with van der Waals surface area (Å²) in [5.74, 6) is -2.03. The van der Waals surface area contributed by atoms with Crippen molar-refractivity contribution in [2.45, 2.75) is 20.0 Å². The van der Waals surface area contributed by atoms with Gasteiger partial charge in [-0.1, -0.05) is 30.3 Å². The van der Waals surface area contributed by atoms with Gasteiger partial charge in [-0.25, -0.2) is 13.8 Å². The Kier molecular flexibility index (Phi) is 6.16. The van der Waals surface area contributed by atoms with E-state index >= 15 is 0 Å². The highest BCUT2D eigenvalue weighted by Gasteiger charge is 2.22. The molecule has 0 unspecified atom stereocenters. The van der Waals surface area contributed by atoms with Gasteiger partial charge in [0, 0.05) is 30.5 Å². The van der Waals surface area contributed by atoms with E-state index in [0.717, 1.165) is 34.4 Å². The van der Waals surface area contributed by atoms with Crippen LogP contribution in [0.3, 0.4) is 0 Å². The quantitative estimate of drug-likeness (QED) is 0.349. The van der Waals surface area contributed by atoms with Crippen molar-refractivity contribution in [3.63, 3.8) is 0 Å². The second kappa shape index (κ2) is 9.58. The number of fused-ring (bicyclic) bond motifs is 1. The smallest absolute Gasteiger partial charge is 0.255 e. The van der Waals surface area contributed by atoms with E-state index in [-0.39, 0.29) is 12.5 Å². The molecule has 0 aliphatic carbocycles. The van der Waals surface area contributed by atoms with Crippen LogP contribution in [0.15, 0.2) is 72.9 Å². The van der Waals surface area contributed by atoms with Gasteiger partial charge in [-0.2, -0.15) is 0 Å². The van der Waals surface area contributed by atoms with Crippen molar-refractivity contribution >= 4 is 23.3 Å². The molecule has 3 aromatic carbocycles. The van der Waals surface area contributed by atoms with Crippen LogP contribution >= 0.6 is 0 Å². The summed E-state index contributed by atoms with van der Waals surface area (Å²) in [5, 5.41) is 8.81. The molecule has 0 bridgehead atoms. The van der Waals surface area contributed by atoms with E-state index in [1.54, 1.807) is 12.3 Å². The first-order chi connectivity index (χ1) is 17.4. The molecule has 36 heavy (non-hydrogen) atoms. The number of aryl methyl sites for hydroxylation is 1. The number of carbonyl (C=O) groups excluding carboxylic acids is 2. The molecule has 180 valence electrons. The van der Waals surface area contributed by atoms with Crippen molar-refractivity contribution in [2.75, 3.05) is 5.32 Å². The Hall–Kier alpha value is -4.59. The van der Waals surface area contributed by atoms with Crippen molar-refractivity contribution < 1.29 is 18.4 Å². The zero-order valence-electron chi connectivity index (χ0n) is 19.4. The van der Waals surface area contributed by atoms with Gasteiger partial charge in [0.15, 0.2) is 11.6 Å². The first-order valence-electron chi connectivity index (χ1n) is 11.4. The standard InChI is InChI=1S/C28H22F2N4O2/c1-16-10-22(28(36)32-14-17-8-9-24(29)25(30)11-17)26(31-13-16)34-19-5-2-4-18(12-19)20-6-3-7-21-23(20)15-33-27(21)35/h2-13H,14-15H2,1H3,(H,31,34)(H,32,36)(H,33,35). The van der Waals surface area contributed by atoms with Crippen molar-refractivity contribution in [3.8, 4) is 11.1 Å². The summed E-state index contributed by atoms with van der Waals surface area (Å²) in [7, 11) is 0. The lowest BCUT2D eigenvalue weighted by molar-refractivity contribution is 0.0947. The second-order valence-electron chi connectivity index (χ2n) is 8.56. The fourth-order valence-electron chi connectivity index (χ4n) is 4.19. The topological polar surface area (TPSA) is 83.1 Å². The summed E-state index contributed by atoms with van der Waals surface area (Å²) in [6, 6.07) is 18.5. The number of nitrogens with zero attached hydrogens (tertiary/aromatic N) is 1. The van der Waals surface area contributed by atoms with E-state index in [2.05, 4.69) is 20.9 Å². The number of aromatic nitrogens is 1. The number of anilines is 2. The zero-order valence-corrected chi connectivity index (χ0v) is 19.4. The highest BCUT2D eigenvalue weighted by atomic mass is 19.2. The predicted octanol–water partition coefficient (Wildman–Crippen LogP) is 5.25. The van der Waals surface area contributed by atoms with Gasteiger partial charge in [-0.15, -0.1) is 0 Å². The average Bonchev–Trinajstić information content (AvgIpc) is 3.26. The number of pyridine rings is 1. The van der Waals surface area contributed by atoms with Crippen molar-refractivity contribution in [1.82, 2.24) is 15.6 Å². The van der Waals surface area contributed by atoms with Crippen LogP contribution in [0, 0.1) is 18.6 Å². The number of nitrogens with one attached hydrogen (secondary N) is 3. The van der Waals surface area contributed by atoms with E-state index < -0.39 is 17.5 Å². The molecule has 0 saturated heterocycles. The van der Waals surface area contributed by atoms with Crippen LogP contribution in [0.5, 0.6) is 0 Å². The first kappa shape index (κ1) is 23.2. The summed E-state index contributed by atoms with van der Waals surface area (Å²) >= 11 is 0. The van der Waals surface area contributed by atoms with Crippen LogP contribution in [0.1, 0.15) is 37.4 Å². The van der Waals surface area contributed by atoms with Gasteiger partial charge < -0.3 is 16.0 Å². The lowest BCUT2D eigenvalue weighted by Crippen LogP contribution is -2.24. The lowest BCUT2D eigenvalue weighted by atomic mass is 9.96. The molecule has 1 aliphatic rings. The van der Waals surface area contributed by atoms with E-state index in [9.17, 15) is 18.4 Å². The molecular weight excluding hydrogens is 462 g/mol. The molecule has 6 nitrogen and oxygen atoms in total. The van der Waals surface area contributed by atoms with Crippen LogP contribution in [0.2, 0.25) is 0 Å². The maximum absolute atomic E-state index is 13.5. The molecule has 2 heterocycles. The minimum Gasteiger partial charge on any atom is -0.348 e. The fraction of sp³-hybridized carbons (Fsp3) is 0.107. The minimum absolute atomic E-state index is 0.0325. The van der Waals surface area contributed by atoms with Crippen LogP contribution in [0.4, 0.5) is 20.3 Å². The Morgan fingerprint density at radius 3 is 2.64 bits per heavy atom. The number of amides is 2. The molecule has 0 saturated carbocycles. The first-order valence-corrected chi connectivity index (χ1v) is 11.4. The van der Waals surface area contributed by atoms with Crippen molar-refractivity contribution in [1.29, 1.82) is 0 Å². The third-order valence-corrected chi connectivity index (χ3v) is 5.99. The van der Waals surface area contributed by atoms with Gasteiger partial charge in [0.2, 0.25) is 0 Å². The molecule has 2 amide bonds. The number of carbonyl (C=O) groups is 2. The Morgan fingerprint density at radius 1 is 1.00 bits per heavy atom. The van der Waals surface area contributed by atoms with Crippen LogP contribution in [-0.2, 0) is 13.1 Å².